The van der Waals surface area contributed by atoms with Gasteiger partial charge in [-0.3, -0.25) is 14.4 Å². The lowest BCUT2D eigenvalue weighted by atomic mass is 9.65. The van der Waals surface area contributed by atoms with Crippen LogP contribution < -0.4 is 4.90 Å². The van der Waals surface area contributed by atoms with Crippen LogP contribution in [0.25, 0.3) is 0 Å². The molecule has 0 N–H and O–H groups in total. The lowest BCUT2D eigenvalue weighted by Crippen LogP contribution is -2.39. The van der Waals surface area contributed by atoms with E-state index in [-0.39, 0.29) is 23.1 Å². The molecule has 2 heterocycles. The Morgan fingerprint density at radius 1 is 0.967 bits per heavy atom. The first-order valence-corrected chi connectivity index (χ1v) is 10.7. The van der Waals surface area contributed by atoms with Gasteiger partial charge in [0, 0.05) is 18.2 Å². The maximum atomic E-state index is 13.2. The monoisotopic (exact) mass is 402 g/mol. The summed E-state index contributed by atoms with van der Waals surface area (Å²) in [5.41, 5.74) is 2.19. The first-order chi connectivity index (χ1) is 14.3. The molecule has 0 aromatic heterocycles. The molecule has 1 saturated carbocycles. The van der Waals surface area contributed by atoms with Crippen molar-refractivity contribution in [2.45, 2.75) is 39.7 Å². The van der Waals surface area contributed by atoms with E-state index in [0.29, 0.717) is 40.3 Å². The van der Waals surface area contributed by atoms with Gasteiger partial charge >= 0.3 is 0 Å². The zero-order valence-electron chi connectivity index (χ0n) is 17.6. The molecule has 154 valence electrons. The van der Waals surface area contributed by atoms with E-state index in [4.69, 9.17) is 0 Å². The average molecular weight is 402 g/mol. The number of nitrogens with zero attached hydrogens (tertiary/aromatic N) is 2. The Labute approximate surface area is 176 Å². The molecule has 2 aromatic rings. The lowest BCUT2D eigenvalue weighted by molar-refractivity contribution is 0.0677. The van der Waals surface area contributed by atoms with Crippen LogP contribution in [-0.4, -0.2) is 35.2 Å². The SMILES string of the molecule is C[C@@H]1[C@@H]2C[C@H](CC1(C)C)N(C(=O)c1ccc(N3C(=O)c4ccccc4C3=O)cc1)C2. The number of amides is 3. The Kier molecular flexibility index (Phi) is 4.14. The van der Waals surface area contributed by atoms with Crippen molar-refractivity contribution in [3.05, 3.63) is 65.2 Å². The van der Waals surface area contributed by atoms with Gasteiger partial charge in [-0.15, -0.1) is 0 Å². The second-order valence-corrected chi connectivity index (χ2v) is 9.63. The number of hydrogen-bond donors (Lipinski definition) is 0. The van der Waals surface area contributed by atoms with Gasteiger partial charge in [-0.05, 0) is 66.5 Å². The third kappa shape index (κ3) is 2.72. The van der Waals surface area contributed by atoms with E-state index >= 15 is 0 Å². The summed E-state index contributed by atoms with van der Waals surface area (Å²) in [6.07, 6.45) is 2.12. The molecule has 0 radical (unpaired) electrons. The van der Waals surface area contributed by atoms with Gasteiger partial charge in [-0.25, -0.2) is 4.90 Å². The molecular formula is C25H26N2O3. The van der Waals surface area contributed by atoms with Gasteiger partial charge in [0.05, 0.1) is 16.8 Å². The number of hydrogen-bond acceptors (Lipinski definition) is 3. The molecule has 1 saturated heterocycles. The molecule has 30 heavy (non-hydrogen) atoms. The lowest BCUT2D eigenvalue weighted by Gasteiger charge is -2.40. The zero-order valence-corrected chi connectivity index (χ0v) is 17.6. The summed E-state index contributed by atoms with van der Waals surface area (Å²) >= 11 is 0. The quantitative estimate of drug-likeness (QED) is 0.701. The molecule has 3 atom stereocenters. The second kappa shape index (κ2) is 6.53. The van der Waals surface area contributed by atoms with Gasteiger partial charge in [0.25, 0.3) is 17.7 Å². The van der Waals surface area contributed by atoms with Crippen molar-refractivity contribution in [3.8, 4) is 0 Å². The molecule has 2 aliphatic heterocycles. The number of benzene rings is 2. The Morgan fingerprint density at radius 2 is 1.57 bits per heavy atom. The molecule has 3 amide bonds. The number of anilines is 1. The van der Waals surface area contributed by atoms with Crippen LogP contribution in [0.4, 0.5) is 5.69 Å². The Hall–Kier alpha value is -2.95. The van der Waals surface area contributed by atoms with Crippen LogP contribution in [0.2, 0.25) is 0 Å². The standard InChI is InChI=1S/C25H26N2O3/c1-15-17-12-19(13-25(15,2)3)26(14-17)22(28)16-8-10-18(11-9-16)27-23(29)20-6-4-5-7-21(20)24(27)30/h4-11,15,17,19H,12-14H2,1-3H3/t15-,17-,19-/m1/s1. The molecule has 3 aliphatic rings. The summed E-state index contributed by atoms with van der Waals surface area (Å²) in [6.45, 7) is 7.74. The highest BCUT2D eigenvalue weighted by Crippen LogP contribution is 2.49. The topological polar surface area (TPSA) is 57.7 Å². The smallest absolute Gasteiger partial charge is 0.266 e. The number of carbonyl (C=O) groups excluding carboxylic acids is 3. The fourth-order valence-electron chi connectivity index (χ4n) is 5.53. The van der Waals surface area contributed by atoms with Crippen molar-refractivity contribution in [2.24, 2.45) is 17.3 Å². The number of likely N-dealkylation sites (tertiary alicyclic amines) is 1. The van der Waals surface area contributed by atoms with Crippen molar-refractivity contribution in [2.75, 3.05) is 11.4 Å². The minimum Gasteiger partial charge on any atom is -0.335 e. The largest absolute Gasteiger partial charge is 0.335 e. The van der Waals surface area contributed by atoms with E-state index in [1.54, 1.807) is 48.5 Å². The van der Waals surface area contributed by atoms with Gasteiger partial charge in [0.15, 0.2) is 0 Å². The third-order valence-electron chi connectivity index (χ3n) is 7.58. The van der Waals surface area contributed by atoms with Gasteiger partial charge in [0.2, 0.25) is 0 Å². The number of fused-ring (bicyclic) bond motifs is 3. The highest BCUT2D eigenvalue weighted by atomic mass is 16.2. The molecule has 5 rings (SSSR count). The maximum Gasteiger partial charge on any atom is 0.266 e. The van der Waals surface area contributed by atoms with Crippen molar-refractivity contribution in [1.82, 2.24) is 4.90 Å². The molecule has 5 heteroatoms. The summed E-state index contributed by atoms with van der Waals surface area (Å²) in [5.74, 6) is 0.558. The van der Waals surface area contributed by atoms with Crippen LogP contribution in [0.5, 0.6) is 0 Å². The fraction of sp³-hybridized carbons (Fsp3) is 0.400. The van der Waals surface area contributed by atoms with E-state index in [9.17, 15) is 14.4 Å². The highest BCUT2D eigenvalue weighted by molar-refractivity contribution is 6.34. The minimum atomic E-state index is -0.320. The van der Waals surface area contributed by atoms with E-state index in [0.717, 1.165) is 19.4 Å². The van der Waals surface area contributed by atoms with Gasteiger partial charge < -0.3 is 4.90 Å². The molecule has 0 spiro atoms. The van der Waals surface area contributed by atoms with Crippen LogP contribution in [0.1, 0.15) is 64.7 Å². The third-order valence-corrected chi connectivity index (χ3v) is 7.58. The Balaban J connectivity index is 1.37. The summed E-state index contributed by atoms with van der Waals surface area (Å²) < 4.78 is 0. The molecule has 1 aliphatic carbocycles. The summed E-state index contributed by atoms with van der Waals surface area (Å²) in [7, 11) is 0. The van der Waals surface area contributed by atoms with Crippen molar-refractivity contribution < 1.29 is 14.4 Å². The highest BCUT2D eigenvalue weighted by Gasteiger charge is 2.49. The van der Waals surface area contributed by atoms with Gasteiger partial charge in [0.1, 0.15) is 0 Å². The van der Waals surface area contributed by atoms with E-state index in [2.05, 4.69) is 20.8 Å². The summed E-state index contributed by atoms with van der Waals surface area (Å²) in [4.78, 5) is 41.8. The van der Waals surface area contributed by atoms with Crippen LogP contribution in [-0.2, 0) is 0 Å². The second-order valence-electron chi connectivity index (χ2n) is 9.63. The first-order valence-electron chi connectivity index (χ1n) is 10.7. The molecule has 0 unspecified atom stereocenters. The maximum absolute atomic E-state index is 13.2. The molecule has 5 nitrogen and oxygen atoms in total. The summed E-state index contributed by atoms with van der Waals surface area (Å²) in [5, 5.41) is 0. The predicted octanol–water partition coefficient (Wildman–Crippen LogP) is 4.38. The average Bonchev–Trinajstić information content (AvgIpc) is 3.23. The zero-order chi connectivity index (χ0) is 21.2. The van der Waals surface area contributed by atoms with Crippen molar-refractivity contribution >= 4 is 23.4 Å². The van der Waals surface area contributed by atoms with E-state index in [1.807, 2.05) is 4.90 Å². The van der Waals surface area contributed by atoms with Gasteiger partial charge in [-0.2, -0.15) is 0 Å². The van der Waals surface area contributed by atoms with Crippen molar-refractivity contribution in [3.63, 3.8) is 0 Å². The first kappa shape index (κ1) is 19.0. The minimum absolute atomic E-state index is 0.0429. The fourth-order valence-corrected chi connectivity index (χ4v) is 5.53. The Bertz CT molecular complexity index is 1020. The number of rotatable bonds is 2. The van der Waals surface area contributed by atoms with Crippen LogP contribution in [0.3, 0.4) is 0 Å². The number of imide groups is 1. The van der Waals surface area contributed by atoms with Crippen LogP contribution in [0.15, 0.2) is 48.5 Å². The molecular weight excluding hydrogens is 376 g/mol. The Morgan fingerprint density at radius 3 is 2.17 bits per heavy atom. The van der Waals surface area contributed by atoms with Crippen LogP contribution in [0, 0.1) is 17.3 Å². The molecule has 2 aromatic carbocycles. The number of carbonyl (C=O) groups is 3. The van der Waals surface area contributed by atoms with E-state index in [1.165, 1.54) is 4.90 Å². The van der Waals surface area contributed by atoms with Crippen molar-refractivity contribution in [1.29, 1.82) is 0 Å². The predicted molar refractivity (Wildman–Crippen MR) is 115 cm³/mol. The molecule has 2 bridgehead atoms. The normalized spacial score (nSPS) is 26.8. The molecule has 2 fully saturated rings. The summed E-state index contributed by atoms with van der Waals surface area (Å²) in [6, 6.07) is 14.0. The van der Waals surface area contributed by atoms with Crippen LogP contribution >= 0.6 is 0 Å². The van der Waals surface area contributed by atoms with Gasteiger partial charge in [-0.1, -0.05) is 32.9 Å². The van der Waals surface area contributed by atoms with E-state index < -0.39 is 0 Å².